The number of fused-ring (bicyclic) bond motifs is 1. The van der Waals surface area contributed by atoms with Crippen LogP contribution in [0, 0.1) is 11.3 Å². The summed E-state index contributed by atoms with van der Waals surface area (Å²) in [6, 6.07) is 8.82. The second kappa shape index (κ2) is 10.3. The summed E-state index contributed by atoms with van der Waals surface area (Å²) in [5.74, 6) is -0.878. The molecule has 3 aromatic rings. The number of aliphatic carboxylic acids is 1. The van der Waals surface area contributed by atoms with Gasteiger partial charge in [-0.05, 0) is 38.5 Å². The Balaban J connectivity index is 1.70. The van der Waals surface area contributed by atoms with E-state index in [2.05, 4.69) is 25.1 Å². The molecule has 0 aliphatic carbocycles. The van der Waals surface area contributed by atoms with Gasteiger partial charge in [-0.1, -0.05) is 12.1 Å². The van der Waals surface area contributed by atoms with Gasteiger partial charge in [-0.15, -0.1) is 0 Å². The summed E-state index contributed by atoms with van der Waals surface area (Å²) in [6.07, 6.45) is 2.25. The lowest BCUT2D eigenvalue weighted by molar-refractivity contribution is -0.142. The number of benzene rings is 1. The minimum atomic E-state index is -3.52. The van der Waals surface area contributed by atoms with Crippen molar-refractivity contribution in [2.75, 3.05) is 12.1 Å². The maximum absolute atomic E-state index is 13.7. The van der Waals surface area contributed by atoms with Gasteiger partial charge in [0.25, 0.3) is 0 Å². The predicted molar refractivity (Wildman–Crippen MR) is 126 cm³/mol. The van der Waals surface area contributed by atoms with Gasteiger partial charge in [-0.3, -0.25) is 9.36 Å². The molecule has 0 fully saturated rings. The Kier molecular flexibility index (Phi) is 7.64. The van der Waals surface area contributed by atoms with E-state index in [9.17, 15) is 14.5 Å². The average Bonchev–Trinajstić information content (AvgIpc) is 3.20. The molecule has 2 heterocycles. The largest absolute Gasteiger partial charge is 0.480 e. The van der Waals surface area contributed by atoms with Crippen molar-refractivity contribution in [2.45, 2.75) is 45.5 Å². The number of aromatic nitrogens is 4. The van der Waals surface area contributed by atoms with E-state index in [1.165, 1.54) is 20.2 Å². The summed E-state index contributed by atoms with van der Waals surface area (Å²) in [6.45, 7) is 5.19. The molecule has 13 heteroatoms. The van der Waals surface area contributed by atoms with Crippen LogP contribution < -0.4 is 15.9 Å². The van der Waals surface area contributed by atoms with Gasteiger partial charge in [0.2, 0.25) is 7.44 Å². The van der Waals surface area contributed by atoms with Crippen LogP contribution in [0.2, 0.25) is 0 Å². The van der Waals surface area contributed by atoms with Crippen LogP contribution in [-0.4, -0.2) is 48.6 Å². The minimum absolute atomic E-state index is 0.186. The maximum atomic E-state index is 13.7. The highest BCUT2D eigenvalue weighted by Crippen LogP contribution is 2.39. The number of carboxylic acids is 1. The summed E-state index contributed by atoms with van der Waals surface area (Å²) in [7, 11) is -3.52. The lowest BCUT2D eigenvalue weighted by atomic mass is 10.1. The van der Waals surface area contributed by atoms with E-state index in [0.29, 0.717) is 23.3 Å². The van der Waals surface area contributed by atoms with Gasteiger partial charge in [0, 0.05) is 6.54 Å². The van der Waals surface area contributed by atoms with Crippen LogP contribution in [-0.2, 0) is 27.2 Å². The molecule has 12 nitrogen and oxygen atoms in total. The second-order valence-corrected chi connectivity index (χ2v) is 10.6. The third kappa shape index (κ3) is 6.15. The third-order valence-electron chi connectivity index (χ3n) is 5.04. The van der Waals surface area contributed by atoms with E-state index in [0.717, 1.165) is 5.56 Å². The van der Waals surface area contributed by atoms with E-state index in [-0.39, 0.29) is 18.7 Å². The van der Waals surface area contributed by atoms with Crippen molar-refractivity contribution < 1.29 is 19.2 Å². The van der Waals surface area contributed by atoms with Gasteiger partial charge in [0.15, 0.2) is 11.5 Å². The molecule has 0 saturated carbocycles. The molecule has 0 aliphatic heterocycles. The highest BCUT2D eigenvalue weighted by molar-refractivity contribution is 7.59. The molecule has 34 heavy (non-hydrogen) atoms. The fraction of sp³-hybridized carbons (Fsp3) is 0.381. The Morgan fingerprint density at radius 3 is 2.68 bits per heavy atom. The van der Waals surface area contributed by atoms with Crippen molar-refractivity contribution in [2.24, 2.45) is 0 Å². The van der Waals surface area contributed by atoms with Crippen molar-refractivity contribution in [3.63, 3.8) is 0 Å². The first-order valence-corrected chi connectivity index (χ1v) is 12.3. The average molecular weight is 486 g/mol. The molecule has 2 aromatic heterocycles. The van der Waals surface area contributed by atoms with Crippen LogP contribution in [0.25, 0.3) is 11.2 Å². The normalized spacial score (nSPS) is 14.4. The van der Waals surface area contributed by atoms with Crippen LogP contribution >= 0.6 is 7.44 Å². The molecule has 0 spiro atoms. The third-order valence-corrected chi connectivity index (χ3v) is 7.14. The van der Waals surface area contributed by atoms with Crippen LogP contribution in [0.3, 0.4) is 0 Å². The standard InChI is InChI=1S/C21H27N8O4P/c1-14(10-29-12-26-17-18(23)24-11-25-19(17)29)33-13-34(32,28-21(2,3)20(30)31)27-9-16-6-4-15(8-22)5-7-16/h4-7,11-12,14H,9-10,13H2,1-3H3,(H,30,31)(H2,23,24,25)(H2,27,28,32)/t14-,34?/m1/s1. The quantitative estimate of drug-likeness (QED) is 0.291. The van der Waals surface area contributed by atoms with Gasteiger partial charge in [-0.25, -0.2) is 25.1 Å². The fourth-order valence-corrected chi connectivity index (χ4v) is 5.26. The Labute approximate surface area is 196 Å². The summed E-state index contributed by atoms with van der Waals surface area (Å²) < 4.78 is 21.3. The monoisotopic (exact) mass is 486 g/mol. The van der Waals surface area contributed by atoms with Gasteiger partial charge in [0.05, 0.1) is 30.6 Å². The number of nitrogens with one attached hydrogen (secondary N) is 2. The molecule has 3 rings (SSSR count). The topological polar surface area (TPSA) is 181 Å². The smallest absolute Gasteiger partial charge is 0.323 e. The minimum Gasteiger partial charge on any atom is -0.480 e. The van der Waals surface area contributed by atoms with Crippen LogP contribution in [0.4, 0.5) is 5.82 Å². The molecule has 0 radical (unpaired) electrons. The Morgan fingerprint density at radius 1 is 1.32 bits per heavy atom. The zero-order valence-corrected chi connectivity index (χ0v) is 20.0. The zero-order valence-electron chi connectivity index (χ0n) is 19.1. The Bertz CT molecular complexity index is 1250. The number of ether oxygens (including phenoxy) is 1. The van der Waals surface area contributed by atoms with Crippen molar-refractivity contribution in [1.29, 1.82) is 5.26 Å². The number of hydrogen-bond donors (Lipinski definition) is 4. The first kappa shape index (κ1) is 25.3. The number of nitriles is 1. The molecule has 0 amide bonds. The van der Waals surface area contributed by atoms with Gasteiger partial charge in [-0.2, -0.15) is 5.26 Å². The molecule has 0 saturated heterocycles. The molecule has 5 N–H and O–H groups in total. The SMILES string of the molecule is C[C@H](Cn1cnc2c(N)ncnc21)OCP(=O)(NCc1ccc(C#N)cc1)NC(C)(C)C(=O)O. The Hall–Kier alpha value is -3.36. The number of imidazole rings is 1. The molecule has 180 valence electrons. The first-order valence-electron chi connectivity index (χ1n) is 10.4. The number of rotatable bonds is 11. The molecule has 1 unspecified atom stereocenters. The molecule has 0 bridgehead atoms. The van der Waals surface area contributed by atoms with E-state index >= 15 is 0 Å². The summed E-state index contributed by atoms with van der Waals surface area (Å²) in [5, 5.41) is 24.1. The van der Waals surface area contributed by atoms with E-state index in [1.54, 1.807) is 42.1 Å². The number of anilines is 1. The van der Waals surface area contributed by atoms with E-state index in [1.807, 2.05) is 6.07 Å². The number of nitrogens with two attached hydrogens (primary N) is 1. The summed E-state index contributed by atoms with van der Waals surface area (Å²) in [4.78, 5) is 24.0. The number of nitrogens with zero attached hydrogens (tertiary/aromatic N) is 5. The highest BCUT2D eigenvalue weighted by Gasteiger charge is 2.36. The molecule has 0 aliphatic rings. The molecular formula is C21H27N8O4P. The zero-order chi connectivity index (χ0) is 24.9. The van der Waals surface area contributed by atoms with E-state index < -0.39 is 25.1 Å². The maximum Gasteiger partial charge on any atom is 0.323 e. The first-order chi connectivity index (χ1) is 16.0. The van der Waals surface area contributed by atoms with Crippen molar-refractivity contribution in [1.82, 2.24) is 29.7 Å². The number of hydrogen-bond acceptors (Lipinski definition) is 8. The fourth-order valence-electron chi connectivity index (χ4n) is 3.13. The lowest BCUT2D eigenvalue weighted by Gasteiger charge is -2.30. The van der Waals surface area contributed by atoms with Gasteiger partial charge < -0.3 is 20.1 Å². The highest BCUT2D eigenvalue weighted by atomic mass is 31.2. The van der Waals surface area contributed by atoms with Crippen molar-refractivity contribution >= 4 is 30.4 Å². The molecule has 2 atom stereocenters. The van der Waals surface area contributed by atoms with Gasteiger partial charge >= 0.3 is 5.97 Å². The summed E-state index contributed by atoms with van der Waals surface area (Å²) in [5.41, 5.74) is 6.68. The van der Waals surface area contributed by atoms with Gasteiger partial charge in [0.1, 0.15) is 23.7 Å². The van der Waals surface area contributed by atoms with Crippen molar-refractivity contribution in [3.05, 3.63) is 48.0 Å². The second-order valence-electron chi connectivity index (χ2n) is 8.36. The number of carboxylic acid groups (broad SMARTS) is 1. The summed E-state index contributed by atoms with van der Waals surface area (Å²) >= 11 is 0. The lowest BCUT2D eigenvalue weighted by Crippen LogP contribution is -2.47. The van der Waals surface area contributed by atoms with Crippen LogP contribution in [0.5, 0.6) is 0 Å². The van der Waals surface area contributed by atoms with Crippen LogP contribution in [0.15, 0.2) is 36.9 Å². The number of nitrogen functional groups attached to an aromatic ring is 1. The Morgan fingerprint density at radius 2 is 2.03 bits per heavy atom. The molecular weight excluding hydrogens is 459 g/mol. The van der Waals surface area contributed by atoms with E-state index in [4.69, 9.17) is 15.7 Å². The van der Waals surface area contributed by atoms with Crippen molar-refractivity contribution in [3.8, 4) is 6.07 Å². The predicted octanol–water partition coefficient (Wildman–Crippen LogP) is 2.08. The van der Waals surface area contributed by atoms with Crippen LogP contribution in [0.1, 0.15) is 31.9 Å². The molecule has 1 aromatic carbocycles. The number of carbonyl (C=O) groups is 1.